The van der Waals surface area contributed by atoms with Gasteiger partial charge in [0.1, 0.15) is 0 Å². The SMILES string of the molecule is Cc1cc(C(=O)Nc2ccc(Cl)cc2I)c(C)nn1. The molecule has 6 heteroatoms. The van der Waals surface area contributed by atoms with E-state index >= 15 is 0 Å². The number of carbonyl (C=O) groups is 1. The van der Waals surface area contributed by atoms with Gasteiger partial charge >= 0.3 is 0 Å². The van der Waals surface area contributed by atoms with E-state index < -0.39 is 0 Å². The molecular weight excluding hydrogens is 377 g/mol. The Bertz CT molecular complexity index is 646. The molecule has 1 aromatic heterocycles. The number of benzene rings is 1. The molecule has 2 rings (SSSR count). The van der Waals surface area contributed by atoms with Crippen LogP contribution in [0.25, 0.3) is 0 Å². The van der Waals surface area contributed by atoms with Crippen LogP contribution >= 0.6 is 34.2 Å². The van der Waals surface area contributed by atoms with Crippen LogP contribution < -0.4 is 5.32 Å². The smallest absolute Gasteiger partial charge is 0.257 e. The van der Waals surface area contributed by atoms with Crippen molar-refractivity contribution in [2.45, 2.75) is 13.8 Å². The van der Waals surface area contributed by atoms with Gasteiger partial charge in [0.15, 0.2) is 0 Å². The highest BCUT2D eigenvalue weighted by Crippen LogP contribution is 2.23. The van der Waals surface area contributed by atoms with Crippen LogP contribution in [0.1, 0.15) is 21.7 Å². The van der Waals surface area contributed by atoms with E-state index in [9.17, 15) is 4.79 Å². The number of halogens is 2. The van der Waals surface area contributed by atoms with Gasteiger partial charge < -0.3 is 5.32 Å². The number of carbonyl (C=O) groups excluding carboxylic acids is 1. The second-order valence-corrected chi connectivity index (χ2v) is 5.66. The first-order valence-corrected chi connectivity index (χ1v) is 7.00. The first-order chi connectivity index (χ1) is 8.97. The monoisotopic (exact) mass is 387 g/mol. The Morgan fingerprint density at radius 3 is 2.68 bits per heavy atom. The van der Waals surface area contributed by atoms with Crippen LogP contribution in [0, 0.1) is 17.4 Å². The van der Waals surface area contributed by atoms with Gasteiger partial charge in [-0.05, 0) is 60.7 Å². The largest absolute Gasteiger partial charge is 0.321 e. The number of hydrogen-bond donors (Lipinski definition) is 1. The summed E-state index contributed by atoms with van der Waals surface area (Å²) in [6.45, 7) is 3.56. The average Bonchev–Trinajstić information content (AvgIpc) is 2.35. The second-order valence-electron chi connectivity index (χ2n) is 4.06. The summed E-state index contributed by atoms with van der Waals surface area (Å²) >= 11 is 8.01. The maximum Gasteiger partial charge on any atom is 0.257 e. The van der Waals surface area contributed by atoms with Gasteiger partial charge in [-0.15, -0.1) is 0 Å². The van der Waals surface area contributed by atoms with Gasteiger partial charge in [-0.1, -0.05) is 11.6 Å². The van der Waals surface area contributed by atoms with Crippen LogP contribution in [0.4, 0.5) is 5.69 Å². The molecule has 1 aromatic carbocycles. The van der Waals surface area contributed by atoms with Crippen molar-refractivity contribution in [3.8, 4) is 0 Å². The predicted octanol–water partition coefficient (Wildman–Crippen LogP) is 3.60. The number of nitrogens with one attached hydrogen (secondary N) is 1. The highest BCUT2D eigenvalue weighted by Gasteiger charge is 2.12. The summed E-state index contributed by atoms with van der Waals surface area (Å²) in [7, 11) is 0. The Morgan fingerprint density at radius 1 is 1.26 bits per heavy atom. The van der Waals surface area contributed by atoms with E-state index in [0.29, 0.717) is 22.0 Å². The van der Waals surface area contributed by atoms with E-state index in [1.165, 1.54) is 0 Å². The summed E-state index contributed by atoms with van der Waals surface area (Å²) in [6.07, 6.45) is 0. The van der Waals surface area contributed by atoms with Crippen LogP contribution in [-0.4, -0.2) is 16.1 Å². The van der Waals surface area contributed by atoms with E-state index in [0.717, 1.165) is 9.26 Å². The molecule has 0 saturated carbocycles. The first kappa shape index (κ1) is 14.2. The van der Waals surface area contributed by atoms with Crippen LogP contribution in [-0.2, 0) is 0 Å². The van der Waals surface area contributed by atoms with Gasteiger partial charge in [0, 0.05) is 8.59 Å². The maximum absolute atomic E-state index is 12.2. The Morgan fingerprint density at radius 2 is 2.00 bits per heavy atom. The maximum atomic E-state index is 12.2. The zero-order valence-corrected chi connectivity index (χ0v) is 13.3. The summed E-state index contributed by atoms with van der Waals surface area (Å²) in [5.74, 6) is -0.198. The van der Waals surface area contributed by atoms with Gasteiger partial charge in [-0.2, -0.15) is 10.2 Å². The summed E-state index contributed by atoms with van der Waals surface area (Å²) in [5.41, 5.74) is 2.57. The molecule has 0 aliphatic heterocycles. The third kappa shape index (κ3) is 3.42. The molecule has 0 aliphatic rings. The highest BCUT2D eigenvalue weighted by molar-refractivity contribution is 14.1. The molecule has 0 unspecified atom stereocenters. The summed E-state index contributed by atoms with van der Waals surface area (Å²) in [6, 6.07) is 7.03. The van der Waals surface area contributed by atoms with Crippen molar-refractivity contribution in [2.75, 3.05) is 5.32 Å². The quantitative estimate of drug-likeness (QED) is 0.801. The van der Waals surface area contributed by atoms with Crippen molar-refractivity contribution in [1.82, 2.24) is 10.2 Å². The molecule has 0 radical (unpaired) electrons. The van der Waals surface area contributed by atoms with Crippen LogP contribution in [0.15, 0.2) is 24.3 Å². The lowest BCUT2D eigenvalue weighted by Gasteiger charge is -2.09. The Balaban J connectivity index is 2.28. The Kier molecular flexibility index (Phi) is 4.36. The number of hydrogen-bond acceptors (Lipinski definition) is 3. The normalized spacial score (nSPS) is 10.3. The minimum Gasteiger partial charge on any atom is -0.321 e. The topological polar surface area (TPSA) is 54.9 Å². The fourth-order valence-electron chi connectivity index (χ4n) is 1.56. The minimum atomic E-state index is -0.198. The molecular formula is C13H11ClIN3O. The number of anilines is 1. The van der Waals surface area contributed by atoms with Gasteiger partial charge in [-0.3, -0.25) is 4.79 Å². The standard InChI is InChI=1S/C13H11ClIN3O/c1-7-5-10(8(2)18-17-7)13(19)16-12-4-3-9(14)6-11(12)15/h3-6H,1-2H3,(H,16,19). The fraction of sp³-hybridized carbons (Fsp3) is 0.154. The first-order valence-electron chi connectivity index (χ1n) is 5.54. The van der Waals surface area contributed by atoms with Gasteiger partial charge in [-0.25, -0.2) is 0 Å². The van der Waals surface area contributed by atoms with Crippen molar-refractivity contribution in [2.24, 2.45) is 0 Å². The molecule has 0 aliphatic carbocycles. The average molecular weight is 388 g/mol. The molecule has 0 bridgehead atoms. The highest BCUT2D eigenvalue weighted by atomic mass is 127. The molecule has 2 aromatic rings. The number of aryl methyl sites for hydroxylation is 2. The molecule has 0 fully saturated rings. The molecule has 0 atom stereocenters. The third-order valence-electron chi connectivity index (χ3n) is 2.52. The number of rotatable bonds is 2. The minimum absolute atomic E-state index is 0.198. The Labute approximate surface area is 129 Å². The van der Waals surface area contributed by atoms with E-state index in [-0.39, 0.29) is 5.91 Å². The summed E-state index contributed by atoms with van der Waals surface area (Å²) in [4.78, 5) is 12.2. The van der Waals surface area contributed by atoms with Crippen LogP contribution in [0.5, 0.6) is 0 Å². The summed E-state index contributed by atoms with van der Waals surface area (Å²) in [5, 5.41) is 11.3. The Hall–Kier alpha value is -1.21. The molecule has 4 nitrogen and oxygen atoms in total. The molecule has 1 heterocycles. The van der Waals surface area contributed by atoms with Crippen molar-refractivity contribution >= 4 is 45.8 Å². The summed E-state index contributed by atoms with van der Waals surface area (Å²) < 4.78 is 0.884. The molecule has 19 heavy (non-hydrogen) atoms. The lowest BCUT2D eigenvalue weighted by molar-refractivity contribution is 0.102. The van der Waals surface area contributed by atoms with Crippen molar-refractivity contribution in [1.29, 1.82) is 0 Å². The molecule has 98 valence electrons. The van der Waals surface area contributed by atoms with Crippen molar-refractivity contribution in [3.63, 3.8) is 0 Å². The lowest BCUT2D eigenvalue weighted by atomic mass is 10.2. The van der Waals surface area contributed by atoms with E-state index in [1.807, 2.05) is 0 Å². The van der Waals surface area contributed by atoms with Gasteiger partial charge in [0.25, 0.3) is 5.91 Å². The van der Waals surface area contributed by atoms with Crippen LogP contribution in [0.3, 0.4) is 0 Å². The number of amides is 1. The molecule has 0 spiro atoms. The lowest BCUT2D eigenvalue weighted by Crippen LogP contribution is -2.15. The third-order valence-corrected chi connectivity index (χ3v) is 3.65. The van der Waals surface area contributed by atoms with Crippen LogP contribution in [0.2, 0.25) is 5.02 Å². The fourth-order valence-corrected chi connectivity index (χ4v) is 2.57. The van der Waals surface area contributed by atoms with Crippen molar-refractivity contribution < 1.29 is 4.79 Å². The second kappa shape index (κ2) is 5.83. The molecule has 1 N–H and O–H groups in total. The zero-order chi connectivity index (χ0) is 14.0. The predicted molar refractivity (Wildman–Crippen MR) is 83.6 cm³/mol. The molecule has 0 saturated heterocycles. The number of aromatic nitrogens is 2. The van der Waals surface area contributed by atoms with Crippen molar-refractivity contribution in [3.05, 3.63) is 49.8 Å². The number of nitrogens with zero attached hydrogens (tertiary/aromatic N) is 2. The van der Waals surface area contributed by atoms with Gasteiger partial charge in [0.2, 0.25) is 0 Å². The van der Waals surface area contributed by atoms with Gasteiger partial charge in [0.05, 0.1) is 22.6 Å². The van der Waals surface area contributed by atoms with E-state index in [1.54, 1.807) is 38.1 Å². The zero-order valence-electron chi connectivity index (χ0n) is 10.4. The van der Waals surface area contributed by atoms with E-state index in [4.69, 9.17) is 11.6 Å². The molecule has 1 amide bonds. The van der Waals surface area contributed by atoms with E-state index in [2.05, 4.69) is 38.1 Å².